The van der Waals surface area contributed by atoms with Gasteiger partial charge in [-0.15, -0.1) is 0 Å². The molecular formula is C14H24O9. The highest BCUT2D eigenvalue weighted by Crippen LogP contribution is 2.31. The Bertz CT molecular complexity index is 417. The molecule has 0 spiro atoms. The van der Waals surface area contributed by atoms with E-state index in [0.717, 1.165) is 0 Å². The summed E-state index contributed by atoms with van der Waals surface area (Å²) in [6.45, 7) is 3.49. The highest BCUT2D eigenvalue weighted by molar-refractivity contribution is 5.73. The average molecular weight is 336 g/mol. The van der Waals surface area contributed by atoms with Crippen molar-refractivity contribution in [3.05, 3.63) is 0 Å². The first kappa shape index (κ1) is 18.5. The molecule has 2 aliphatic heterocycles. The van der Waals surface area contributed by atoms with E-state index in [9.17, 15) is 25.2 Å². The van der Waals surface area contributed by atoms with E-state index < -0.39 is 48.9 Å². The maximum absolute atomic E-state index is 11.1. The minimum atomic E-state index is -1.75. The Kier molecular flexibility index (Phi) is 5.95. The van der Waals surface area contributed by atoms with Crippen molar-refractivity contribution < 1.29 is 44.5 Å². The van der Waals surface area contributed by atoms with Crippen molar-refractivity contribution in [2.75, 3.05) is 6.61 Å². The highest BCUT2D eigenvalue weighted by atomic mass is 16.7. The molecule has 0 bridgehead atoms. The molecule has 0 saturated carbocycles. The predicted octanol–water partition coefficient (Wildman–Crippen LogP) is -1.93. The standard InChI is InChI=1S/C14H24O9/c1-5-6(2)21-7(4-15)3-8(5)22-14-11(18)9(16)10(17)12(23-14)13(19)20/h5-12,14-18H,3-4H2,1-2H3,(H,19,20)/t5?,6-,7?,8+,9+,10+,11?,12?,14-/m1/s1. The van der Waals surface area contributed by atoms with Crippen molar-refractivity contribution in [2.24, 2.45) is 5.92 Å². The zero-order valence-electron chi connectivity index (χ0n) is 13.0. The van der Waals surface area contributed by atoms with Crippen LogP contribution in [-0.4, -0.2) is 87.1 Å². The smallest absolute Gasteiger partial charge is 0.335 e. The van der Waals surface area contributed by atoms with Crippen molar-refractivity contribution in [3.8, 4) is 0 Å². The largest absolute Gasteiger partial charge is 0.479 e. The molecule has 2 aliphatic rings. The van der Waals surface area contributed by atoms with Crippen LogP contribution in [0.1, 0.15) is 20.3 Å². The van der Waals surface area contributed by atoms with Gasteiger partial charge >= 0.3 is 5.97 Å². The minimum Gasteiger partial charge on any atom is -0.479 e. The van der Waals surface area contributed by atoms with Crippen LogP contribution in [0, 0.1) is 5.92 Å². The van der Waals surface area contributed by atoms with E-state index >= 15 is 0 Å². The molecule has 2 fully saturated rings. The van der Waals surface area contributed by atoms with Gasteiger partial charge in [0.05, 0.1) is 24.9 Å². The molecule has 4 unspecified atom stereocenters. The molecule has 9 heteroatoms. The van der Waals surface area contributed by atoms with Crippen molar-refractivity contribution >= 4 is 5.97 Å². The fourth-order valence-electron chi connectivity index (χ4n) is 2.89. The van der Waals surface area contributed by atoms with Crippen LogP contribution in [0.25, 0.3) is 0 Å². The molecule has 5 N–H and O–H groups in total. The zero-order valence-corrected chi connectivity index (χ0v) is 13.0. The van der Waals surface area contributed by atoms with E-state index in [1.54, 1.807) is 0 Å². The van der Waals surface area contributed by atoms with Crippen LogP contribution in [0.4, 0.5) is 0 Å². The molecule has 9 nitrogen and oxygen atoms in total. The number of aliphatic hydroxyl groups excluding tert-OH is 4. The van der Waals surface area contributed by atoms with E-state index in [1.165, 1.54) is 0 Å². The predicted molar refractivity (Wildman–Crippen MR) is 74.4 cm³/mol. The van der Waals surface area contributed by atoms with Crippen molar-refractivity contribution in [1.82, 2.24) is 0 Å². The molecule has 134 valence electrons. The second-order valence-electron chi connectivity index (χ2n) is 6.15. The summed E-state index contributed by atoms with van der Waals surface area (Å²) in [6, 6.07) is 0. The summed E-state index contributed by atoms with van der Waals surface area (Å²) in [6.07, 6.45) is -8.90. The molecule has 9 atom stereocenters. The summed E-state index contributed by atoms with van der Waals surface area (Å²) in [5, 5.41) is 47.7. The quantitative estimate of drug-likeness (QED) is 0.396. The van der Waals surface area contributed by atoms with Crippen LogP contribution in [0.5, 0.6) is 0 Å². The molecular weight excluding hydrogens is 312 g/mol. The number of carboxylic acid groups (broad SMARTS) is 1. The fourth-order valence-corrected chi connectivity index (χ4v) is 2.89. The van der Waals surface area contributed by atoms with Crippen molar-refractivity contribution in [2.45, 2.75) is 69.3 Å². The number of rotatable bonds is 4. The van der Waals surface area contributed by atoms with Gasteiger partial charge < -0.3 is 39.7 Å². The van der Waals surface area contributed by atoms with E-state index in [1.807, 2.05) is 13.8 Å². The normalized spacial score (nSPS) is 48.2. The number of carboxylic acids is 1. The number of aliphatic carboxylic acids is 1. The topological polar surface area (TPSA) is 146 Å². The third-order valence-electron chi connectivity index (χ3n) is 4.55. The first-order valence-electron chi connectivity index (χ1n) is 7.60. The number of aliphatic hydroxyl groups is 4. The summed E-state index contributed by atoms with van der Waals surface area (Å²) < 4.78 is 16.3. The monoisotopic (exact) mass is 336 g/mol. The van der Waals surface area contributed by atoms with Crippen LogP contribution in [-0.2, 0) is 19.0 Å². The number of hydrogen-bond acceptors (Lipinski definition) is 8. The lowest BCUT2D eigenvalue weighted by atomic mass is 9.90. The molecule has 2 saturated heterocycles. The lowest BCUT2D eigenvalue weighted by molar-refractivity contribution is -0.317. The Balaban J connectivity index is 2.09. The highest BCUT2D eigenvalue weighted by Gasteiger charge is 2.49. The Morgan fingerprint density at radius 1 is 1.13 bits per heavy atom. The molecule has 0 amide bonds. The van der Waals surface area contributed by atoms with E-state index in [0.29, 0.717) is 6.42 Å². The molecule has 23 heavy (non-hydrogen) atoms. The molecule has 2 rings (SSSR count). The zero-order chi connectivity index (χ0) is 17.3. The van der Waals surface area contributed by atoms with Gasteiger partial charge in [-0.2, -0.15) is 0 Å². The maximum atomic E-state index is 11.1. The summed E-state index contributed by atoms with van der Waals surface area (Å²) in [4.78, 5) is 11.1. The first-order chi connectivity index (χ1) is 10.8. The van der Waals surface area contributed by atoms with Crippen LogP contribution in [0.3, 0.4) is 0 Å². The molecule has 0 aliphatic carbocycles. The molecule has 0 radical (unpaired) electrons. The summed E-state index contributed by atoms with van der Waals surface area (Å²) in [7, 11) is 0. The molecule has 0 aromatic heterocycles. The second kappa shape index (κ2) is 7.39. The molecule has 2 heterocycles. The SMILES string of the molecule is CC1[C@@H](O[C@@H]2OC(C(=O)O)[C@@H](O)[C@H](O)C2O)CC(CO)O[C@@H]1C. The van der Waals surface area contributed by atoms with Gasteiger partial charge in [0, 0.05) is 12.3 Å². The second-order valence-corrected chi connectivity index (χ2v) is 6.15. The van der Waals surface area contributed by atoms with Crippen molar-refractivity contribution in [3.63, 3.8) is 0 Å². The van der Waals surface area contributed by atoms with Gasteiger partial charge in [0.1, 0.15) is 18.3 Å². The third kappa shape index (κ3) is 3.82. The summed E-state index contributed by atoms with van der Waals surface area (Å²) in [5.41, 5.74) is 0. The van der Waals surface area contributed by atoms with Gasteiger partial charge in [-0.25, -0.2) is 4.79 Å². The van der Waals surface area contributed by atoms with E-state index in [-0.39, 0.29) is 18.6 Å². The Morgan fingerprint density at radius 2 is 1.78 bits per heavy atom. The van der Waals surface area contributed by atoms with Gasteiger partial charge in [0.2, 0.25) is 0 Å². The van der Waals surface area contributed by atoms with Gasteiger partial charge in [0.25, 0.3) is 0 Å². The Morgan fingerprint density at radius 3 is 2.35 bits per heavy atom. The van der Waals surface area contributed by atoms with Gasteiger partial charge in [-0.3, -0.25) is 0 Å². The lowest BCUT2D eigenvalue weighted by Gasteiger charge is -2.43. The number of carbonyl (C=O) groups is 1. The average Bonchev–Trinajstić information content (AvgIpc) is 2.51. The number of hydrogen-bond donors (Lipinski definition) is 5. The van der Waals surface area contributed by atoms with Crippen LogP contribution >= 0.6 is 0 Å². The van der Waals surface area contributed by atoms with Gasteiger partial charge in [-0.1, -0.05) is 6.92 Å². The third-order valence-corrected chi connectivity index (χ3v) is 4.55. The van der Waals surface area contributed by atoms with Crippen molar-refractivity contribution in [1.29, 1.82) is 0 Å². The summed E-state index contributed by atoms with van der Waals surface area (Å²) >= 11 is 0. The first-order valence-corrected chi connectivity index (χ1v) is 7.60. The van der Waals surface area contributed by atoms with E-state index in [2.05, 4.69) is 0 Å². The summed E-state index contributed by atoms with van der Waals surface area (Å²) in [5.74, 6) is -1.56. The molecule has 0 aromatic carbocycles. The lowest BCUT2D eigenvalue weighted by Crippen LogP contribution is -2.61. The fraction of sp³-hybridized carbons (Fsp3) is 0.929. The van der Waals surface area contributed by atoms with Crippen LogP contribution < -0.4 is 0 Å². The van der Waals surface area contributed by atoms with Gasteiger partial charge in [0.15, 0.2) is 12.4 Å². The van der Waals surface area contributed by atoms with Crippen LogP contribution in [0.2, 0.25) is 0 Å². The van der Waals surface area contributed by atoms with E-state index in [4.69, 9.17) is 19.3 Å². The Hall–Kier alpha value is -0.810. The van der Waals surface area contributed by atoms with Crippen LogP contribution in [0.15, 0.2) is 0 Å². The maximum Gasteiger partial charge on any atom is 0.335 e. The minimum absolute atomic E-state index is 0.0964. The molecule has 0 aromatic rings. The van der Waals surface area contributed by atoms with Gasteiger partial charge in [-0.05, 0) is 6.92 Å². The number of ether oxygens (including phenoxy) is 3. The Labute approximate surface area is 133 Å².